The van der Waals surface area contributed by atoms with Gasteiger partial charge in [-0.2, -0.15) is 18.3 Å². The van der Waals surface area contributed by atoms with Crippen molar-refractivity contribution < 1.29 is 33.0 Å². The topological polar surface area (TPSA) is 117 Å². The fourth-order valence-corrected chi connectivity index (χ4v) is 2.96. The lowest BCUT2D eigenvalue weighted by Crippen LogP contribution is -2.21. The monoisotopic (exact) mass is 416 g/mol. The summed E-state index contributed by atoms with van der Waals surface area (Å²) in [6.45, 7) is 3.47. The van der Waals surface area contributed by atoms with E-state index in [2.05, 4.69) is 15.4 Å². The van der Waals surface area contributed by atoms with Crippen LogP contribution in [0, 0.1) is 0 Å². The van der Waals surface area contributed by atoms with Crippen molar-refractivity contribution >= 4 is 39.2 Å². The van der Waals surface area contributed by atoms with Gasteiger partial charge in [-0.1, -0.05) is 0 Å². The molecule has 0 amide bonds. The second-order valence-corrected chi connectivity index (χ2v) is 6.43. The van der Waals surface area contributed by atoms with Crippen LogP contribution in [0.3, 0.4) is 0 Å². The van der Waals surface area contributed by atoms with Gasteiger partial charge < -0.3 is 15.5 Å². The van der Waals surface area contributed by atoms with E-state index in [4.69, 9.17) is 15.0 Å². The van der Waals surface area contributed by atoms with Crippen LogP contribution in [0.4, 0.5) is 19.0 Å². The molecule has 0 aliphatic heterocycles. The first-order valence-electron chi connectivity index (χ1n) is 7.79. The highest BCUT2D eigenvalue weighted by molar-refractivity contribution is 7.20. The van der Waals surface area contributed by atoms with Crippen molar-refractivity contribution in [3.8, 4) is 0 Å². The van der Waals surface area contributed by atoms with Crippen LogP contribution in [-0.4, -0.2) is 43.1 Å². The highest BCUT2D eigenvalue weighted by atomic mass is 32.1. The number of nitrogens with one attached hydrogen (secondary N) is 1. The zero-order chi connectivity index (χ0) is 20.9. The van der Waals surface area contributed by atoms with Crippen molar-refractivity contribution in [2.75, 3.05) is 5.32 Å². The van der Waals surface area contributed by atoms with Gasteiger partial charge in [0, 0.05) is 41.1 Å². The first-order chi connectivity index (χ1) is 13.1. The number of carbonyl (C=O) groups is 2. The molecule has 0 radical (unpaired) electrons. The van der Waals surface area contributed by atoms with Gasteiger partial charge in [0.15, 0.2) is 0 Å². The molecule has 3 N–H and O–H groups in total. The molecular formula is C16H15F3N4O4S. The normalized spacial score (nSPS) is 11.0. The summed E-state index contributed by atoms with van der Waals surface area (Å²) in [7, 11) is 0. The lowest BCUT2D eigenvalue weighted by molar-refractivity contribution is -0.192. The molecule has 0 saturated heterocycles. The number of aromatic nitrogens is 3. The van der Waals surface area contributed by atoms with Crippen LogP contribution in [0.5, 0.6) is 0 Å². The van der Waals surface area contributed by atoms with Gasteiger partial charge in [-0.05, 0) is 19.1 Å². The zero-order valence-electron chi connectivity index (χ0n) is 14.4. The van der Waals surface area contributed by atoms with E-state index in [1.807, 2.05) is 30.1 Å². The van der Waals surface area contributed by atoms with Crippen molar-refractivity contribution in [3.05, 3.63) is 41.2 Å². The molecule has 0 fully saturated rings. The quantitative estimate of drug-likeness (QED) is 0.583. The van der Waals surface area contributed by atoms with Crippen LogP contribution in [0.15, 0.2) is 30.7 Å². The fraction of sp³-hybridized carbons (Fsp3) is 0.250. The van der Waals surface area contributed by atoms with E-state index < -0.39 is 18.1 Å². The van der Waals surface area contributed by atoms with Gasteiger partial charge in [0.05, 0.1) is 6.20 Å². The number of hydrogen-bond donors (Lipinski definition) is 3. The predicted molar refractivity (Wildman–Crippen MR) is 95.5 cm³/mol. The summed E-state index contributed by atoms with van der Waals surface area (Å²) < 4.78 is 34.5. The number of carboxylic acid groups (broad SMARTS) is 2. The van der Waals surface area contributed by atoms with Crippen molar-refractivity contribution in [1.82, 2.24) is 14.8 Å². The molecule has 0 atom stereocenters. The third-order valence-electron chi connectivity index (χ3n) is 3.37. The molecule has 3 aromatic rings. The highest BCUT2D eigenvalue weighted by Crippen LogP contribution is 2.30. The van der Waals surface area contributed by atoms with Crippen LogP contribution >= 0.6 is 11.3 Å². The number of alkyl halides is 3. The van der Waals surface area contributed by atoms with Crippen molar-refractivity contribution in [1.29, 1.82) is 0 Å². The Hall–Kier alpha value is -3.15. The maximum atomic E-state index is 11.1. The van der Waals surface area contributed by atoms with E-state index in [1.165, 1.54) is 11.3 Å². The molecule has 8 nitrogen and oxygen atoms in total. The minimum Gasteiger partial charge on any atom is -0.477 e. The Morgan fingerprint density at radius 3 is 2.54 bits per heavy atom. The largest absolute Gasteiger partial charge is 0.490 e. The van der Waals surface area contributed by atoms with E-state index in [0.717, 1.165) is 22.2 Å². The van der Waals surface area contributed by atoms with Crippen molar-refractivity contribution in [3.63, 3.8) is 0 Å². The molecule has 28 heavy (non-hydrogen) atoms. The molecule has 3 aromatic heterocycles. The number of aliphatic carboxylic acids is 1. The van der Waals surface area contributed by atoms with Gasteiger partial charge in [-0.25, -0.2) is 14.6 Å². The Balaban J connectivity index is 0.000000345. The SMILES string of the molecule is CCn1cc(CNc2nccc3sc(C(=O)O)cc23)cn1.O=C(O)C(F)(F)F. The summed E-state index contributed by atoms with van der Waals surface area (Å²) in [4.78, 5) is 24.6. The van der Waals surface area contributed by atoms with Crippen LogP contribution in [0.25, 0.3) is 10.1 Å². The predicted octanol–water partition coefficient (Wildman–Crippen LogP) is 3.46. The summed E-state index contributed by atoms with van der Waals surface area (Å²) in [6, 6.07) is 3.49. The number of carboxylic acids is 2. The molecule has 3 rings (SSSR count). The van der Waals surface area contributed by atoms with E-state index in [0.29, 0.717) is 17.2 Å². The van der Waals surface area contributed by atoms with Crippen LogP contribution in [0.1, 0.15) is 22.2 Å². The lowest BCUT2D eigenvalue weighted by atomic mass is 10.3. The number of halogens is 3. The first-order valence-corrected chi connectivity index (χ1v) is 8.60. The standard InChI is InChI=1S/C14H14N4O2S.C2HF3O2/c1-2-18-8-9(7-17-18)6-16-13-10-5-12(14(19)20)21-11(10)3-4-15-13;3-2(4,5)1(6)7/h3-5,7-8H,2,6H2,1H3,(H,15,16)(H,19,20);(H,6,7). The molecule has 0 spiro atoms. The van der Waals surface area contributed by atoms with Crippen LogP contribution in [-0.2, 0) is 17.9 Å². The van der Waals surface area contributed by atoms with Crippen molar-refractivity contribution in [2.45, 2.75) is 26.2 Å². The van der Waals surface area contributed by atoms with E-state index in [1.54, 1.807) is 12.3 Å². The molecule has 0 aliphatic carbocycles. The Bertz CT molecular complexity index is 984. The number of nitrogens with zero attached hydrogens (tertiary/aromatic N) is 3. The third-order valence-corrected chi connectivity index (χ3v) is 4.46. The minimum absolute atomic E-state index is 0.319. The Morgan fingerprint density at radius 1 is 1.32 bits per heavy atom. The summed E-state index contributed by atoms with van der Waals surface area (Å²) in [6.07, 6.45) is 0.388. The number of pyridine rings is 1. The summed E-state index contributed by atoms with van der Waals surface area (Å²) in [5.41, 5.74) is 1.06. The summed E-state index contributed by atoms with van der Waals surface area (Å²) >= 11 is 1.25. The number of fused-ring (bicyclic) bond motifs is 1. The van der Waals surface area contributed by atoms with E-state index in [-0.39, 0.29) is 0 Å². The summed E-state index contributed by atoms with van der Waals surface area (Å²) in [5, 5.41) is 24.5. The number of hydrogen-bond acceptors (Lipinski definition) is 6. The number of thiophene rings is 1. The van der Waals surface area contributed by atoms with Gasteiger partial charge in [0.2, 0.25) is 0 Å². The van der Waals surface area contributed by atoms with Crippen molar-refractivity contribution in [2.24, 2.45) is 0 Å². The van der Waals surface area contributed by atoms with Gasteiger partial charge in [-0.3, -0.25) is 4.68 Å². The van der Waals surface area contributed by atoms with E-state index in [9.17, 15) is 18.0 Å². The molecule has 0 unspecified atom stereocenters. The molecule has 0 bridgehead atoms. The average Bonchev–Trinajstić information content (AvgIpc) is 3.26. The Kier molecular flexibility index (Phi) is 6.57. The fourth-order valence-electron chi connectivity index (χ4n) is 2.07. The highest BCUT2D eigenvalue weighted by Gasteiger charge is 2.38. The Labute approximate surface area is 160 Å². The third kappa shape index (κ3) is 5.42. The second-order valence-electron chi connectivity index (χ2n) is 5.35. The van der Waals surface area contributed by atoms with Crippen LogP contribution in [0.2, 0.25) is 0 Å². The number of anilines is 1. The molecule has 0 saturated carbocycles. The molecule has 3 heterocycles. The zero-order valence-corrected chi connectivity index (χ0v) is 15.2. The number of aryl methyl sites for hydroxylation is 1. The second kappa shape index (κ2) is 8.69. The molecule has 0 aliphatic rings. The van der Waals surface area contributed by atoms with Gasteiger partial charge in [0.1, 0.15) is 10.7 Å². The number of aromatic carboxylic acids is 1. The Morgan fingerprint density at radius 2 is 2.00 bits per heavy atom. The first kappa shape index (κ1) is 21.2. The molecule has 0 aromatic carbocycles. The lowest BCUT2D eigenvalue weighted by Gasteiger charge is -2.04. The van der Waals surface area contributed by atoms with Crippen LogP contribution < -0.4 is 5.32 Å². The van der Waals surface area contributed by atoms with Gasteiger partial charge in [0.25, 0.3) is 0 Å². The number of rotatable bonds is 5. The van der Waals surface area contributed by atoms with Gasteiger partial charge in [-0.15, -0.1) is 11.3 Å². The minimum atomic E-state index is -5.08. The maximum absolute atomic E-state index is 11.1. The van der Waals surface area contributed by atoms with E-state index >= 15 is 0 Å². The van der Waals surface area contributed by atoms with Gasteiger partial charge >= 0.3 is 18.1 Å². The smallest absolute Gasteiger partial charge is 0.477 e. The molecule has 12 heteroatoms. The average molecular weight is 416 g/mol. The summed E-state index contributed by atoms with van der Waals surface area (Å²) in [5.74, 6) is -2.97. The molecular weight excluding hydrogens is 401 g/mol. The molecule has 150 valence electrons. The maximum Gasteiger partial charge on any atom is 0.490 e.